The SMILES string of the molecule is Cc1ncsc1C(=O)Nc1nnc(C(C)(C)c2ccccc2)s1. The van der Waals surface area contributed by atoms with Crippen molar-refractivity contribution in [2.45, 2.75) is 26.2 Å². The molecule has 3 rings (SSSR count). The molecule has 7 heteroatoms. The summed E-state index contributed by atoms with van der Waals surface area (Å²) < 4.78 is 0. The molecular formula is C16H16N4OS2. The number of hydrogen-bond acceptors (Lipinski definition) is 6. The molecule has 0 spiro atoms. The van der Waals surface area contributed by atoms with Gasteiger partial charge in [0.25, 0.3) is 5.91 Å². The van der Waals surface area contributed by atoms with Crippen LogP contribution in [0.25, 0.3) is 0 Å². The zero-order valence-electron chi connectivity index (χ0n) is 13.0. The van der Waals surface area contributed by atoms with E-state index in [2.05, 4.69) is 46.5 Å². The largest absolute Gasteiger partial charge is 0.296 e. The number of amides is 1. The lowest BCUT2D eigenvalue weighted by Crippen LogP contribution is -2.18. The second kappa shape index (κ2) is 6.17. The fraction of sp³-hybridized carbons (Fsp3) is 0.250. The number of thiazole rings is 1. The molecule has 23 heavy (non-hydrogen) atoms. The Kier molecular flexibility index (Phi) is 4.23. The summed E-state index contributed by atoms with van der Waals surface area (Å²) in [7, 11) is 0. The lowest BCUT2D eigenvalue weighted by atomic mass is 9.85. The molecule has 1 aromatic carbocycles. The van der Waals surface area contributed by atoms with Gasteiger partial charge in [-0.2, -0.15) is 0 Å². The summed E-state index contributed by atoms with van der Waals surface area (Å²) in [6.07, 6.45) is 0. The van der Waals surface area contributed by atoms with Gasteiger partial charge in [0.05, 0.1) is 11.2 Å². The topological polar surface area (TPSA) is 67.8 Å². The molecule has 0 radical (unpaired) electrons. The van der Waals surface area contributed by atoms with E-state index in [1.54, 1.807) is 5.51 Å². The van der Waals surface area contributed by atoms with E-state index >= 15 is 0 Å². The predicted octanol–water partition coefficient (Wildman–Crippen LogP) is 3.88. The molecule has 3 aromatic rings. The highest BCUT2D eigenvalue weighted by atomic mass is 32.1. The number of nitrogens with zero attached hydrogens (tertiary/aromatic N) is 3. The monoisotopic (exact) mass is 344 g/mol. The molecule has 0 aliphatic rings. The van der Waals surface area contributed by atoms with Crippen molar-refractivity contribution in [3.8, 4) is 0 Å². The highest BCUT2D eigenvalue weighted by Crippen LogP contribution is 2.34. The smallest absolute Gasteiger partial charge is 0.269 e. The van der Waals surface area contributed by atoms with Crippen molar-refractivity contribution in [1.82, 2.24) is 15.2 Å². The Morgan fingerprint density at radius 3 is 2.57 bits per heavy atom. The molecule has 1 amide bonds. The second-order valence-electron chi connectivity index (χ2n) is 5.62. The van der Waals surface area contributed by atoms with Gasteiger partial charge in [0.2, 0.25) is 5.13 Å². The summed E-state index contributed by atoms with van der Waals surface area (Å²) in [6, 6.07) is 10.1. The maximum absolute atomic E-state index is 12.2. The van der Waals surface area contributed by atoms with Gasteiger partial charge in [-0.1, -0.05) is 41.7 Å². The standard InChI is InChI=1S/C16H16N4OS2/c1-10-12(22-9-17-10)13(21)18-15-20-19-14(23-15)16(2,3)11-7-5-4-6-8-11/h4-9H,1-3H3,(H,18,20,21). The summed E-state index contributed by atoms with van der Waals surface area (Å²) in [5, 5.41) is 12.5. The van der Waals surface area contributed by atoms with Gasteiger partial charge < -0.3 is 0 Å². The molecule has 0 unspecified atom stereocenters. The van der Waals surface area contributed by atoms with E-state index < -0.39 is 0 Å². The van der Waals surface area contributed by atoms with E-state index in [0.29, 0.717) is 10.0 Å². The van der Waals surface area contributed by atoms with Crippen LogP contribution in [0.15, 0.2) is 35.8 Å². The van der Waals surface area contributed by atoms with Crippen molar-refractivity contribution < 1.29 is 4.79 Å². The average molecular weight is 344 g/mol. The maximum atomic E-state index is 12.2. The normalized spacial score (nSPS) is 11.4. The quantitative estimate of drug-likeness (QED) is 0.780. The van der Waals surface area contributed by atoms with E-state index in [1.807, 2.05) is 25.1 Å². The molecule has 118 valence electrons. The number of nitrogens with one attached hydrogen (secondary N) is 1. The van der Waals surface area contributed by atoms with Gasteiger partial charge in [0.15, 0.2) is 0 Å². The maximum Gasteiger partial charge on any atom is 0.269 e. The van der Waals surface area contributed by atoms with Gasteiger partial charge >= 0.3 is 0 Å². The minimum Gasteiger partial charge on any atom is -0.296 e. The Morgan fingerprint density at radius 1 is 1.17 bits per heavy atom. The number of hydrogen-bond donors (Lipinski definition) is 1. The molecule has 2 aromatic heterocycles. The summed E-state index contributed by atoms with van der Waals surface area (Å²) in [5.74, 6) is -0.190. The first kappa shape index (κ1) is 15.8. The first-order chi connectivity index (χ1) is 11.0. The number of anilines is 1. The number of aromatic nitrogens is 3. The summed E-state index contributed by atoms with van der Waals surface area (Å²) in [4.78, 5) is 16.9. The van der Waals surface area contributed by atoms with Crippen LogP contribution in [0, 0.1) is 6.92 Å². The van der Waals surface area contributed by atoms with Crippen LogP contribution in [0.4, 0.5) is 5.13 Å². The van der Waals surface area contributed by atoms with Crippen LogP contribution in [0.2, 0.25) is 0 Å². The van der Waals surface area contributed by atoms with Crippen molar-refractivity contribution in [3.63, 3.8) is 0 Å². The van der Waals surface area contributed by atoms with E-state index in [-0.39, 0.29) is 11.3 Å². The Morgan fingerprint density at radius 2 is 1.91 bits per heavy atom. The fourth-order valence-electron chi connectivity index (χ4n) is 2.18. The Bertz CT molecular complexity index is 823. The summed E-state index contributed by atoms with van der Waals surface area (Å²) >= 11 is 2.72. The molecule has 0 aliphatic heterocycles. The van der Waals surface area contributed by atoms with Crippen LogP contribution in [0.5, 0.6) is 0 Å². The zero-order valence-corrected chi connectivity index (χ0v) is 14.7. The summed E-state index contributed by atoms with van der Waals surface area (Å²) in [5.41, 5.74) is 3.28. The van der Waals surface area contributed by atoms with Gasteiger partial charge in [0.1, 0.15) is 9.88 Å². The molecule has 0 saturated heterocycles. The minimum absolute atomic E-state index is 0.190. The van der Waals surface area contributed by atoms with Crippen LogP contribution < -0.4 is 5.32 Å². The lowest BCUT2D eigenvalue weighted by molar-refractivity contribution is 0.102. The van der Waals surface area contributed by atoms with Gasteiger partial charge in [-0.3, -0.25) is 10.1 Å². The van der Waals surface area contributed by atoms with Crippen molar-refractivity contribution in [2.75, 3.05) is 5.32 Å². The molecule has 0 atom stereocenters. The number of carbonyl (C=O) groups excluding carboxylic acids is 1. The van der Waals surface area contributed by atoms with Crippen molar-refractivity contribution in [3.05, 3.63) is 57.0 Å². The minimum atomic E-state index is -0.262. The van der Waals surface area contributed by atoms with Crippen LogP contribution in [-0.2, 0) is 5.41 Å². The molecule has 0 aliphatic carbocycles. The first-order valence-corrected chi connectivity index (χ1v) is 8.79. The number of benzene rings is 1. The summed E-state index contributed by atoms with van der Waals surface area (Å²) in [6.45, 7) is 6.01. The molecule has 1 N–H and O–H groups in total. The second-order valence-corrected chi connectivity index (χ2v) is 7.46. The number of rotatable bonds is 4. The molecule has 5 nitrogen and oxygen atoms in total. The van der Waals surface area contributed by atoms with Crippen molar-refractivity contribution in [2.24, 2.45) is 0 Å². The van der Waals surface area contributed by atoms with E-state index in [9.17, 15) is 4.79 Å². The van der Waals surface area contributed by atoms with Crippen LogP contribution in [0.3, 0.4) is 0 Å². The van der Waals surface area contributed by atoms with E-state index in [1.165, 1.54) is 22.7 Å². The highest BCUT2D eigenvalue weighted by molar-refractivity contribution is 7.16. The highest BCUT2D eigenvalue weighted by Gasteiger charge is 2.28. The average Bonchev–Trinajstić information content (AvgIpc) is 3.17. The molecule has 0 bridgehead atoms. The van der Waals surface area contributed by atoms with Crippen LogP contribution >= 0.6 is 22.7 Å². The fourth-order valence-corrected chi connectivity index (χ4v) is 3.74. The zero-order chi connectivity index (χ0) is 16.4. The molecule has 0 fully saturated rings. The molecule has 2 heterocycles. The van der Waals surface area contributed by atoms with Gasteiger partial charge in [-0.25, -0.2) is 4.98 Å². The van der Waals surface area contributed by atoms with E-state index in [0.717, 1.165) is 16.3 Å². The Hall–Kier alpha value is -2.12. The van der Waals surface area contributed by atoms with Gasteiger partial charge in [0, 0.05) is 5.41 Å². The number of carbonyl (C=O) groups is 1. The van der Waals surface area contributed by atoms with Crippen LogP contribution in [0.1, 0.15) is 39.8 Å². The van der Waals surface area contributed by atoms with Crippen LogP contribution in [-0.4, -0.2) is 21.1 Å². The first-order valence-electron chi connectivity index (χ1n) is 7.09. The predicted molar refractivity (Wildman–Crippen MR) is 93.3 cm³/mol. The number of aryl methyl sites for hydroxylation is 1. The molecular weight excluding hydrogens is 328 g/mol. The third kappa shape index (κ3) is 3.16. The lowest BCUT2D eigenvalue weighted by Gasteiger charge is -2.21. The van der Waals surface area contributed by atoms with Crippen molar-refractivity contribution in [1.29, 1.82) is 0 Å². The van der Waals surface area contributed by atoms with E-state index in [4.69, 9.17) is 0 Å². The molecule has 0 saturated carbocycles. The van der Waals surface area contributed by atoms with Gasteiger partial charge in [-0.15, -0.1) is 21.5 Å². The third-order valence-corrected chi connectivity index (χ3v) is 5.72. The van der Waals surface area contributed by atoms with Gasteiger partial charge in [-0.05, 0) is 26.3 Å². The van der Waals surface area contributed by atoms with Crippen molar-refractivity contribution >= 4 is 33.7 Å². The third-order valence-electron chi connectivity index (χ3n) is 3.63. The Balaban J connectivity index is 1.81. The Labute approximate surface area is 142 Å².